The van der Waals surface area contributed by atoms with Crippen LogP contribution in [0.2, 0.25) is 0 Å². The van der Waals surface area contributed by atoms with Crippen molar-refractivity contribution in [2.45, 2.75) is 17.6 Å². The Morgan fingerprint density at radius 2 is 1.72 bits per heavy atom. The molecule has 0 unspecified atom stereocenters. The maximum atomic E-state index is 13.0. The fourth-order valence-electron chi connectivity index (χ4n) is 3.26. The van der Waals surface area contributed by atoms with Crippen molar-refractivity contribution >= 4 is 27.1 Å². The Morgan fingerprint density at radius 1 is 1.10 bits per heavy atom. The number of sulfone groups is 1. The number of nitrogens with zero attached hydrogens (tertiary/aromatic N) is 3. The van der Waals surface area contributed by atoms with Crippen molar-refractivity contribution in [2.24, 2.45) is 0 Å². The van der Waals surface area contributed by atoms with E-state index in [2.05, 4.69) is 0 Å². The van der Waals surface area contributed by atoms with Gasteiger partial charge in [-0.1, -0.05) is 12.1 Å². The lowest BCUT2D eigenvalue weighted by atomic mass is 10.2. The molecule has 0 radical (unpaired) electrons. The first-order valence-corrected chi connectivity index (χ1v) is 10.6. The molecule has 0 aromatic heterocycles. The average molecular weight is 421 g/mol. The number of halogens is 1. The largest absolute Gasteiger partial charge is 0.362 e. The summed E-state index contributed by atoms with van der Waals surface area (Å²) in [7, 11) is -3.85. The number of benzene rings is 2. The zero-order valence-electron chi connectivity index (χ0n) is 15.7. The van der Waals surface area contributed by atoms with E-state index >= 15 is 0 Å². The number of amides is 1. The molecule has 1 saturated heterocycles. The highest BCUT2D eigenvalue weighted by molar-refractivity contribution is 7.90. The van der Waals surface area contributed by atoms with Gasteiger partial charge < -0.3 is 9.80 Å². The maximum absolute atomic E-state index is 13.0. The normalized spacial score (nSPS) is 14.7. The highest BCUT2D eigenvalue weighted by Crippen LogP contribution is 2.32. The van der Waals surface area contributed by atoms with E-state index in [1.807, 2.05) is 0 Å². The van der Waals surface area contributed by atoms with Crippen LogP contribution in [0.1, 0.15) is 12.5 Å². The summed E-state index contributed by atoms with van der Waals surface area (Å²) < 4.78 is 38.4. The van der Waals surface area contributed by atoms with Gasteiger partial charge in [0, 0.05) is 39.2 Å². The Hall–Kier alpha value is -3.01. The Morgan fingerprint density at radius 3 is 2.28 bits per heavy atom. The van der Waals surface area contributed by atoms with Gasteiger partial charge in [0.25, 0.3) is 5.69 Å². The molecule has 3 rings (SSSR count). The van der Waals surface area contributed by atoms with Gasteiger partial charge in [0.05, 0.1) is 15.6 Å². The summed E-state index contributed by atoms with van der Waals surface area (Å²) in [5.74, 6) is -0.918. The van der Waals surface area contributed by atoms with E-state index < -0.39 is 20.6 Å². The lowest BCUT2D eigenvalue weighted by Crippen LogP contribution is -2.48. The van der Waals surface area contributed by atoms with E-state index in [9.17, 15) is 27.7 Å². The Bertz CT molecular complexity index is 1030. The second kappa shape index (κ2) is 8.16. The van der Waals surface area contributed by atoms with E-state index in [-0.39, 0.29) is 22.2 Å². The van der Waals surface area contributed by atoms with Gasteiger partial charge in [-0.2, -0.15) is 0 Å². The highest BCUT2D eigenvalue weighted by atomic mass is 32.2. The van der Waals surface area contributed by atoms with Crippen LogP contribution in [-0.2, 0) is 20.4 Å². The number of carbonyl (C=O) groups excluding carboxylic acids is 1. The number of hydrogen-bond acceptors (Lipinski definition) is 6. The van der Waals surface area contributed by atoms with Gasteiger partial charge in [-0.15, -0.1) is 0 Å². The van der Waals surface area contributed by atoms with Crippen LogP contribution in [0.3, 0.4) is 0 Å². The van der Waals surface area contributed by atoms with Crippen LogP contribution in [0.25, 0.3) is 0 Å². The number of hydrogen-bond donors (Lipinski definition) is 0. The molecule has 29 heavy (non-hydrogen) atoms. The van der Waals surface area contributed by atoms with E-state index in [0.717, 1.165) is 18.2 Å². The lowest BCUT2D eigenvalue weighted by Gasteiger charge is -2.35. The van der Waals surface area contributed by atoms with Crippen molar-refractivity contribution in [2.75, 3.05) is 31.1 Å². The molecule has 0 aliphatic carbocycles. The fourth-order valence-corrected chi connectivity index (χ4v) is 4.62. The second-order valence-corrected chi connectivity index (χ2v) is 8.78. The van der Waals surface area contributed by atoms with Crippen LogP contribution in [0.15, 0.2) is 47.4 Å². The molecule has 0 bridgehead atoms. The van der Waals surface area contributed by atoms with Crippen molar-refractivity contribution in [3.05, 3.63) is 64.0 Å². The number of nitro groups is 1. The molecule has 154 valence electrons. The van der Waals surface area contributed by atoms with Crippen LogP contribution in [0.4, 0.5) is 15.8 Å². The molecule has 2 aromatic rings. The molecule has 10 heteroatoms. The number of rotatable bonds is 5. The molecule has 0 saturated carbocycles. The Kier molecular flexibility index (Phi) is 5.83. The first-order chi connectivity index (χ1) is 13.7. The lowest BCUT2D eigenvalue weighted by molar-refractivity contribution is -0.384. The highest BCUT2D eigenvalue weighted by Gasteiger charge is 2.27. The molecule has 1 aliphatic heterocycles. The Balaban J connectivity index is 1.87. The first-order valence-electron chi connectivity index (χ1n) is 8.93. The summed E-state index contributed by atoms with van der Waals surface area (Å²) in [6, 6.07) is 8.89. The zero-order chi connectivity index (χ0) is 21.2. The van der Waals surface area contributed by atoms with Crippen molar-refractivity contribution in [1.82, 2.24) is 4.90 Å². The fraction of sp³-hybridized carbons (Fsp3) is 0.316. The molecule has 8 nitrogen and oxygen atoms in total. The van der Waals surface area contributed by atoms with E-state index in [4.69, 9.17) is 0 Å². The van der Waals surface area contributed by atoms with Crippen LogP contribution >= 0.6 is 0 Å². The summed E-state index contributed by atoms with van der Waals surface area (Å²) in [6.45, 7) is 3.19. The topological polar surface area (TPSA) is 101 Å². The third kappa shape index (κ3) is 4.70. The molecule has 1 amide bonds. The minimum atomic E-state index is -3.85. The number of anilines is 1. The van der Waals surface area contributed by atoms with Crippen molar-refractivity contribution < 1.29 is 22.5 Å². The maximum Gasteiger partial charge on any atom is 0.293 e. The molecule has 2 aromatic carbocycles. The molecule has 1 heterocycles. The smallest absolute Gasteiger partial charge is 0.293 e. The minimum Gasteiger partial charge on any atom is -0.362 e. The van der Waals surface area contributed by atoms with Crippen molar-refractivity contribution in [3.63, 3.8) is 0 Å². The molecule has 0 spiro atoms. The quantitative estimate of drug-likeness (QED) is 0.543. The number of piperazine rings is 1. The minimum absolute atomic E-state index is 0.0543. The molecule has 1 fully saturated rings. The van der Waals surface area contributed by atoms with Gasteiger partial charge in [-0.05, 0) is 29.8 Å². The van der Waals surface area contributed by atoms with Gasteiger partial charge in [0.1, 0.15) is 11.5 Å². The first kappa shape index (κ1) is 20.7. The summed E-state index contributed by atoms with van der Waals surface area (Å²) >= 11 is 0. The molecule has 0 atom stereocenters. The summed E-state index contributed by atoms with van der Waals surface area (Å²) in [5.41, 5.74) is 0.402. The van der Waals surface area contributed by atoms with Crippen LogP contribution in [-0.4, -0.2) is 50.3 Å². The SMILES string of the molecule is CC(=O)N1CCN(c2ccc(S(=O)(=O)Cc3ccc(F)cc3)cc2[N+](=O)[O-])CC1. The zero-order valence-corrected chi connectivity index (χ0v) is 16.6. The predicted octanol–water partition coefficient (Wildman–Crippen LogP) is 2.38. The van der Waals surface area contributed by atoms with Gasteiger partial charge in [0.15, 0.2) is 9.84 Å². The van der Waals surface area contributed by atoms with Crippen LogP contribution in [0.5, 0.6) is 0 Å². The van der Waals surface area contributed by atoms with Crippen LogP contribution < -0.4 is 4.90 Å². The summed E-state index contributed by atoms with van der Waals surface area (Å²) in [5, 5.41) is 11.6. The van der Waals surface area contributed by atoms with E-state index in [1.165, 1.54) is 31.2 Å². The predicted molar refractivity (Wildman–Crippen MR) is 105 cm³/mol. The van der Waals surface area contributed by atoms with Gasteiger partial charge in [-0.3, -0.25) is 14.9 Å². The standard InChI is InChI=1S/C19H20FN3O5S/c1-14(24)21-8-10-22(11-9-21)18-7-6-17(12-19(18)23(25)26)29(27,28)13-15-2-4-16(20)5-3-15/h2-7,12H,8-11,13H2,1H3. The number of carbonyl (C=O) groups is 1. The van der Waals surface area contributed by atoms with Crippen molar-refractivity contribution in [3.8, 4) is 0 Å². The summed E-state index contributed by atoms with van der Waals surface area (Å²) in [4.78, 5) is 25.7. The average Bonchev–Trinajstić information content (AvgIpc) is 2.69. The third-order valence-electron chi connectivity index (χ3n) is 4.84. The summed E-state index contributed by atoms with van der Waals surface area (Å²) in [6.07, 6.45) is 0. The van der Waals surface area contributed by atoms with Gasteiger partial charge in [-0.25, -0.2) is 12.8 Å². The Labute approximate surface area is 167 Å². The monoisotopic (exact) mass is 421 g/mol. The van der Waals surface area contributed by atoms with Gasteiger partial charge in [0.2, 0.25) is 5.91 Å². The van der Waals surface area contributed by atoms with Crippen molar-refractivity contribution in [1.29, 1.82) is 0 Å². The molecular weight excluding hydrogens is 401 g/mol. The number of nitro benzene ring substituents is 1. The molecular formula is C19H20FN3O5S. The van der Waals surface area contributed by atoms with E-state index in [0.29, 0.717) is 37.4 Å². The molecule has 0 N–H and O–H groups in total. The molecule has 1 aliphatic rings. The van der Waals surface area contributed by atoms with Gasteiger partial charge >= 0.3 is 0 Å². The van der Waals surface area contributed by atoms with Crippen LogP contribution in [0, 0.1) is 15.9 Å². The third-order valence-corrected chi connectivity index (χ3v) is 6.52. The van der Waals surface area contributed by atoms with E-state index in [1.54, 1.807) is 9.80 Å². The second-order valence-electron chi connectivity index (χ2n) is 6.79.